The zero-order chi connectivity index (χ0) is 13.6. The van der Waals surface area contributed by atoms with Crippen molar-refractivity contribution in [2.45, 2.75) is 40.7 Å². The fraction of sp³-hybridized carbons (Fsp3) is 0.625. The summed E-state index contributed by atoms with van der Waals surface area (Å²) in [4.78, 5) is 0. The molecule has 0 bridgehead atoms. The molecule has 1 aliphatic rings. The fourth-order valence-corrected chi connectivity index (χ4v) is 3.43. The predicted molar refractivity (Wildman–Crippen MR) is 73.9 cm³/mol. The van der Waals surface area contributed by atoms with E-state index < -0.39 is 0 Å². The molecular formula is C16H24FN. The molecule has 1 atom stereocenters. The van der Waals surface area contributed by atoms with Crippen LogP contribution >= 0.6 is 0 Å². The van der Waals surface area contributed by atoms with Crippen molar-refractivity contribution in [1.29, 1.82) is 0 Å². The van der Waals surface area contributed by atoms with Gasteiger partial charge in [-0.3, -0.25) is 0 Å². The van der Waals surface area contributed by atoms with Gasteiger partial charge in [0.25, 0.3) is 0 Å². The largest absolute Gasteiger partial charge is 0.310 e. The van der Waals surface area contributed by atoms with Crippen LogP contribution in [0.1, 0.15) is 46.2 Å². The Kier molecular flexibility index (Phi) is 3.26. The summed E-state index contributed by atoms with van der Waals surface area (Å²) >= 11 is 0. The van der Waals surface area contributed by atoms with Crippen LogP contribution in [0.3, 0.4) is 0 Å². The van der Waals surface area contributed by atoms with Crippen molar-refractivity contribution in [3.8, 4) is 0 Å². The Hall–Kier alpha value is -0.890. The van der Waals surface area contributed by atoms with Gasteiger partial charge in [0.05, 0.1) is 0 Å². The molecule has 2 rings (SSSR count). The van der Waals surface area contributed by atoms with Crippen LogP contribution in [0.15, 0.2) is 24.3 Å². The number of rotatable bonds is 4. The van der Waals surface area contributed by atoms with Crippen molar-refractivity contribution < 1.29 is 4.39 Å². The SMILES string of the molecule is CCNC(c1cccc(F)c1)C1C(C)(C)C1(C)C. The van der Waals surface area contributed by atoms with E-state index in [-0.39, 0.29) is 11.9 Å². The van der Waals surface area contributed by atoms with Crippen LogP contribution in [0.25, 0.3) is 0 Å². The third kappa shape index (κ3) is 1.97. The summed E-state index contributed by atoms with van der Waals surface area (Å²) in [5.41, 5.74) is 1.67. The monoisotopic (exact) mass is 249 g/mol. The average Bonchev–Trinajstić information content (AvgIpc) is 2.67. The molecule has 0 heterocycles. The smallest absolute Gasteiger partial charge is 0.123 e. The van der Waals surface area contributed by atoms with Crippen molar-refractivity contribution in [3.63, 3.8) is 0 Å². The molecule has 0 saturated heterocycles. The molecule has 1 nitrogen and oxygen atoms in total. The summed E-state index contributed by atoms with van der Waals surface area (Å²) in [6.07, 6.45) is 0. The third-order valence-electron chi connectivity index (χ3n) is 5.10. The van der Waals surface area contributed by atoms with Crippen molar-refractivity contribution >= 4 is 0 Å². The number of nitrogens with one attached hydrogen (secondary N) is 1. The standard InChI is InChI=1S/C16H24FN/c1-6-18-13(11-8-7-9-12(17)10-11)14-15(2,3)16(14,4)5/h7-10,13-14,18H,6H2,1-5H3. The second-order valence-corrected chi connectivity index (χ2v) is 6.51. The summed E-state index contributed by atoms with van der Waals surface area (Å²) in [7, 11) is 0. The average molecular weight is 249 g/mol. The number of benzene rings is 1. The van der Waals surface area contributed by atoms with E-state index in [0.717, 1.165) is 12.1 Å². The highest BCUT2D eigenvalue weighted by atomic mass is 19.1. The summed E-state index contributed by atoms with van der Waals surface area (Å²) in [6.45, 7) is 12.2. The summed E-state index contributed by atoms with van der Waals surface area (Å²) in [5.74, 6) is 0.401. The normalized spacial score (nSPS) is 22.8. The zero-order valence-corrected chi connectivity index (χ0v) is 12.0. The summed E-state index contributed by atoms with van der Waals surface area (Å²) in [5, 5.41) is 3.53. The molecule has 1 unspecified atom stereocenters. The van der Waals surface area contributed by atoms with Gasteiger partial charge in [0.1, 0.15) is 5.82 Å². The molecular weight excluding hydrogens is 225 g/mol. The first kappa shape index (κ1) is 13.5. The number of hydrogen-bond acceptors (Lipinski definition) is 1. The number of halogens is 1. The first-order valence-corrected chi connectivity index (χ1v) is 6.81. The van der Waals surface area contributed by atoms with E-state index in [2.05, 4.69) is 39.9 Å². The van der Waals surface area contributed by atoms with Gasteiger partial charge in [-0.1, -0.05) is 46.8 Å². The third-order valence-corrected chi connectivity index (χ3v) is 5.10. The lowest BCUT2D eigenvalue weighted by molar-refractivity contribution is 0.416. The summed E-state index contributed by atoms with van der Waals surface area (Å²) in [6, 6.07) is 7.25. The minimum Gasteiger partial charge on any atom is -0.310 e. The van der Waals surface area contributed by atoms with Gasteiger partial charge in [-0.2, -0.15) is 0 Å². The summed E-state index contributed by atoms with van der Waals surface area (Å²) < 4.78 is 13.4. The zero-order valence-electron chi connectivity index (χ0n) is 12.0. The van der Waals surface area contributed by atoms with E-state index in [0.29, 0.717) is 16.7 Å². The van der Waals surface area contributed by atoms with Gasteiger partial charge in [-0.05, 0) is 41.0 Å². The second-order valence-electron chi connectivity index (χ2n) is 6.51. The Bertz CT molecular complexity index is 422. The van der Waals surface area contributed by atoms with E-state index in [1.54, 1.807) is 12.1 Å². The molecule has 1 saturated carbocycles. The lowest BCUT2D eigenvalue weighted by Crippen LogP contribution is -2.25. The molecule has 0 radical (unpaired) electrons. The second kappa shape index (κ2) is 4.34. The molecule has 1 N–H and O–H groups in total. The molecule has 18 heavy (non-hydrogen) atoms. The Morgan fingerprint density at radius 2 is 1.83 bits per heavy atom. The molecule has 1 aromatic rings. The lowest BCUT2D eigenvalue weighted by atomic mass is 9.96. The first-order chi connectivity index (χ1) is 8.32. The molecule has 1 aromatic carbocycles. The Morgan fingerprint density at radius 3 is 2.28 bits per heavy atom. The van der Waals surface area contributed by atoms with Crippen LogP contribution in [0.5, 0.6) is 0 Å². The minimum atomic E-state index is -0.147. The lowest BCUT2D eigenvalue weighted by Gasteiger charge is -2.21. The van der Waals surface area contributed by atoms with Crippen molar-refractivity contribution in [2.24, 2.45) is 16.7 Å². The highest BCUT2D eigenvalue weighted by Gasteiger charge is 2.67. The van der Waals surface area contributed by atoms with Gasteiger partial charge >= 0.3 is 0 Å². The topological polar surface area (TPSA) is 12.0 Å². The molecule has 0 amide bonds. The van der Waals surface area contributed by atoms with E-state index in [4.69, 9.17) is 0 Å². The highest BCUT2D eigenvalue weighted by molar-refractivity contribution is 5.27. The van der Waals surface area contributed by atoms with Gasteiger partial charge in [-0.15, -0.1) is 0 Å². The van der Waals surface area contributed by atoms with Gasteiger partial charge in [-0.25, -0.2) is 4.39 Å². The van der Waals surface area contributed by atoms with E-state index in [1.807, 2.05) is 6.07 Å². The minimum absolute atomic E-state index is 0.147. The molecule has 1 aliphatic carbocycles. The van der Waals surface area contributed by atoms with Crippen LogP contribution in [0.2, 0.25) is 0 Å². The molecule has 0 aromatic heterocycles. The van der Waals surface area contributed by atoms with Crippen molar-refractivity contribution in [3.05, 3.63) is 35.6 Å². The maximum absolute atomic E-state index is 13.4. The van der Waals surface area contributed by atoms with Crippen LogP contribution in [0.4, 0.5) is 4.39 Å². The van der Waals surface area contributed by atoms with Crippen LogP contribution in [0, 0.1) is 22.6 Å². The van der Waals surface area contributed by atoms with Crippen LogP contribution in [-0.4, -0.2) is 6.54 Å². The quantitative estimate of drug-likeness (QED) is 0.845. The van der Waals surface area contributed by atoms with Crippen LogP contribution < -0.4 is 5.32 Å². The highest BCUT2D eigenvalue weighted by Crippen LogP contribution is 2.72. The van der Waals surface area contributed by atoms with Gasteiger partial charge in [0, 0.05) is 6.04 Å². The van der Waals surface area contributed by atoms with Crippen molar-refractivity contribution in [2.75, 3.05) is 6.54 Å². The van der Waals surface area contributed by atoms with E-state index in [9.17, 15) is 4.39 Å². The van der Waals surface area contributed by atoms with E-state index in [1.165, 1.54) is 6.07 Å². The molecule has 0 spiro atoms. The van der Waals surface area contributed by atoms with Gasteiger partial charge in [0.15, 0.2) is 0 Å². The van der Waals surface area contributed by atoms with Gasteiger partial charge in [0.2, 0.25) is 0 Å². The predicted octanol–water partition coefficient (Wildman–Crippen LogP) is 4.16. The maximum atomic E-state index is 13.4. The Balaban J connectivity index is 2.31. The molecule has 0 aliphatic heterocycles. The molecule has 2 heteroatoms. The molecule has 100 valence electrons. The molecule has 1 fully saturated rings. The number of hydrogen-bond donors (Lipinski definition) is 1. The van der Waals surface area contributed by atoms with Gasteiger partial charge < -0.3 is 5.32 Å². The fourth-order valence-electron chi connectivity index (χ4n) is 3.43. The first-order valence-electron chi connectivity index (χ1n) is 6.81. The van der Waals surface area contributed by atoms with Crippen LogP contribution in [-0.2, 0) is 0 Å². The Morgan fingerprint density at radius 1 is 1.22 bits per heavy atom. The Labute approximate surface area is 110 Å². The van der Waals surface area contributed by atoms with Crippen molar-refractivity contribution in [1.82, 2.24) is 5.32 Å². The van der Waals surface area contributed by atoms with E-state index >= 15 is 0 Å². The maximum Gasteiger partial charge on any atom is 0.123 e.